The van der Waals surface area contributed by atoms with Crippen molar-refractivity contribution in [3.8, 4) is 5.75 Å². The molecule has 132 heavy (non-hydrogen) atoms. The number of H-pyrrole nitrogens is 2. The van der Waals surface area contributed by atoms with Crippen molar-refractivity contribution in [2.75, 3.05) is 65.4 Å². The zero-order valence-corrected chi connectivity index (χ0v) is 77.8. The number of thioether (sulfide) groups is 1. The number of hydrogen-bond acceptors (Lipinski definition) is 21. The van der Waals surface area contributed by atoms with Gasteiger partial charge in [0.1, 0.15) is 90.3 Å². The molecule has 3 aromatic carbocycles. The largest absolute Gasteiger partial charge is 0.508 e. The standard InChI is InChI=1S/C92H133N19O20S/c1-11-13-28-72-85(124)101-65(41-52(3)4)82(121)106-71(80(119)97-48-76(94)114)50-132-51-77(115)98-68(43-55-32-34-58(113)35-33-55)88(127)107(8)54(7)79(118)100-64(36-37-78(116)117)90(129)110-39-21-30-73(110)86(125)99-63(27-19-20-38-93)81(120)103-67(42-53(5)6)91(130)111-40-22-31-74(111)87(126)102-66(44-56-46-95-61-25-17-15-23-59(56)61)83(122)105-70(49-112)84(123)104-69(45-57-47-96-62-26-18-16-24-60(57)62)89(128)109(10)75(29-14-12-2)92(131)108(72)9/h15-18,23-26,32-35,46-47,52-54,63-75,95-96,112-113H,11-14,19-22,27-31,36-45,48-51,93H2,1-10H3,(H2,94,114)(H,97,119)(H,98,115)(H,99,125)(H,100,118)(H,101,124)(H,102,126)(H,103,120)(H,104,123)(H,105,122)(H,106,121)(H,116,117)/t54-,63-,64-,65-,66-,67-,68-,69-,70-,71-,72-,73-,74-,75-/m0/s1. The number of aliphatic hydroxyl groups is 1. The van der Waals surface area contributed by atoms with E-state index in [0.717, 1.165) is 21.6 Å². The van der Waals surface area contributed by atoms with E-state index in [1.54, 1.807) is 74.8 Å². The third-order valence-electron chi connectivity index (χ3n) is 24.2. The molecule has 19 N–H and O–H groups in total. The van der Waals surface area contributed by atoms with Crippen molar-refractivity contribution in [3.05, 3.63) is 102 Å². The number of primary amides is 1. The van der Waals surface area contributed by atoms with E-state index in [1.165, 1.54) is 67.0 Å². The summed E-state index contributed by atoms with van der Waals surface area (Å²) in [6.45, 7) is 10.6. The number of hydrogen-bond donors (Lipinski definition) is 17. The van der Waals surface area contributed by atoms with Gasteiger partial charge in [0, 0.05) is 99.9 Å². The number of carboxylic acids is 1. The molecule has 3 aliphatic heterocycles. The van der Waals surface area contributed by atoms with Crippen molar-refractivity contribution in [1.29, 1.82) is 0 Å². The minimum absolute atomic E-state index is 0.0160. The number of unbranched alkanes of at least 4 members (excludes halogenated alkanes) is 3. The minimum Gasteiger partial charge on any atom is -0.508 e. The van der Waals surface area contributed by atoms with Crippen molar-refractivity contribution in [2.45, 2.75) is 261 Å². The predicted molar refractivity (Wildman–Crippen MR) is 492 cm³/mol. The molecule has 0 spiro atoms. The fourth-order valence-electron chi connectivity index (χ4n) is 16.8. The van der Waals surface area contributed by atoms with Crippen LogP contribution in [0, 0.1) is 11.8 Å². The molecule has 3 fully saturated rings. The molecule has 0 aliphatic carbocycles. The Hall–Kier alpha value is -12.2. The van der Waals surface area contributed by atoms with Gasteiger partial charge in [-0.3, -0.25) is 81.5 Å². The second-order valence-corrected chi connectivity index (χ2v) is 36.2. The number of benzene rings is 3. The normalized spacial score (nSPS) is 24.6. The fourth-order valence-corrected chi connectivity index (χ4v) is 17.6. The van der Waals surface area contributed by atoms with Gasteiger partial charge in [-0.05, 0) is 143 Å². The van der Waals surface area contributed by atoms with E-state index < -0.39 is 217 Å². The Kier molecular flexibility index (Phi) is 40.6. The molecule has 0 unspecified atom stereocenters. The molecule has 40 heteroatoms. The van der Waals surface area contributed by atoms with Crippen LogP contribution in [0.1, 0.15) is 174 Å². The van der Waals surface area contributed by atoms with Crippen LogP contribution in [0.3, 0.4) is 0 Å². The number of aliphatic carboxylic acids is 1. The lowest BCUT2D eigenvalue weighted by Crippen LogP contribution is -2.61. The first kappa shape index (κ1) is 105. The highest BCUT2D eigenvalue weighted by atomic mass is 32.2. The Balaban J connectivity index is 1.19. The number of nitrogens with one attached hydrogen (secondary N) is 12. The number of nitrogens with zero attached hydrogens (tertiary/aromatic N) is 5. The lowest BCUT2D eigenvalue weighted by Gasteiger charge is -2.36. The number of aromatic nitrogens is 2. The molecule has 16 amide bonds. The summed E-state index contributed by atoms with van der Waals surface area (Å²) in [7, 11) is 4.01. The Morgan fingerprint density at radius 3 is 1.54 bits per heavy atom. The van der Waals surface area contributed by atoms with Crippen LogP contribution in [-0.2, 0) is 101 Å². The molecule has 39 nitrogen and oxygen atoms in total. The molecule has 5 heterocycles. The highest BCUT2D eigenvalue weighted by Gasteiger charge is 2.45. The first-order valence-electron chi connectivity index (χ1n) is 45.6. The van der Waals surface area contributed by atoms with Gasteiger partial charge in [0.05, 0.1) is 18.9 Å². The molecule has 722 valence electrons. The average molecular weight is 1860 g/mol. The minimum atomic E-state index is -1.83. The summed E-state index contributed by atoms with van der Waals surface area (Å²) in [6, 6.07) is -0.397. The first-order valence-corrected chi connectivity index (χ1v) is 46.7. The summed E-state index contributed by atoms with van der Waals surface area (Å²) in [6.07, 6.45) is 4.60. The van der Waals surface area contributed by atoms with Gasteiger partial charge in [0.25, 0.3) is 0 Å². The van der Waals surface area contributed by atoms with Crippen LogP contribution in [0.25, 0.3) is 21.8 Å². The summed E-state index contributed by atoms with van der Waals surface area (Å²) in [5.41, 5.74) is 14.2. The number of para-hydroxylation sites is 2. The van der Waals surface area contributed by atoms with E-state index in [0.29, 0.717) is 70.6 Å². The number of aliphatic hydroxyl groups excluding tert-OH is 1. The number of likely N-dealkylation sites (N-methyl/N-ethyl adjacent to an activating group) is 3. The maximum Gasteiger partial charge on any atom is 0.303 e. The van der Waals surface area contributed by atoms with Gasteiger partial charge >= 0.3 is 5.97 Å². The van der Waals surface area contributed by atoms with Gasteiger partial charge in [-0.15, -0.1) is 11.8 Å². The molecular weight excluding hydrogens is 1720 g/mol. The number of aromatic amines is 2. The zero-order chi connectivity index (χ0) is 96.7. The molecule has 8 rings (SSSR count). The molecule has 0 radical (unpaired) electrons. The van der Waals surface area contributed by atoms with E-state index in [4.69, 9.17) is 11.5 Å². The van der Waals surface area contributed by atoms with Crippen LogP contribution in [0.5, 0.6) is 5.75 Å². The zero-order valence-electron chi connectivity index (χ0n) is 77.0. The Bertz CT molecular complexity index is 4870. The number of carbonyl (C=O) groups is 17. The van der Waals surface area contributed by atoms with Crippen LogP contribution >= 0.6 is 11.8 Å². The van der Waals surface area contributed by atoms with Crippen LogP contribution in [0.15, 0.2) is 85.2 Å². The number of rotatable bonds is 27. The van der Waals surface area contributed by atoms with E-state index in [1.807, 2.05) is 27.7 Å². The van der Waals surface area contributed by atoms with Crippen molar-refractivity contribution in [2.24, 2.45) is 23.3 Å². The number of phenols is 1. The van der Waals surface area contributed by atoms with E-state index >= 15 is 33.6 Å². The maximum absolute atomic E-state index is 15.7. The van der Waals surface area contributed by atoms with Crippen molar-refractivity contribution >= 4 is 134 Å². The predicted octanol–water partition coefficient (Wildman–Crippen LogP) is 1.04. The van der Waals surface area contributed by atoms with Crippen LogP contribution in [0.4, 0.5) is 0 Å². The molecule has 3 saturated heterocycles. The Morgan fingerprint density at radius 2 is 0.977 bits per heavy atom. The number of phenolic OH excluding ortho intramolecular Hbond substituents is 1. The molecule has 14 atom stereocenters. The Labute approximate surface area is 772 Å². The third kappa shape index (κ3) is 29.7. The van der Waals surface area contributed by atoms with Crippen LogP contribution in [0.2, 0.25) is 0 Å². The summed E-state index contributed by atoms with van der Waals surface area (Å²) in [5, 5.41) is 59.8. The fraction of sp³-hybridized carbons (Fsp3) is 0.576. The van der Waals surface area contributed by atoms with Gasteiger partial charge in [0.15, 0.2) is 0 Å². The highest BCUT2D eigenvalue weighted by molar-refractivity contribution is 8.00. The Morgan fingerprint density at radius 1 is 0.500 bits per heavy atom. The quantitative estimate of drug-likeness (QED) is 0.0327. The van der Waals surface area contributed by atoms with Gasteiger partial charge in [-0.2, -0.15) is 0 Å². The number of nitrogens with two attached hydrogens (primary N) is 2. The number of carboxylic acid groups (broad SMARTS) is 1. The van der Waals surface area contributed by atoms with Gasteiger partial charge in [-0.1, -0.05) is 116 Å². The van der Waals surface area contributed by atoms with Gasteiger partial charge < -0.3 is 114 Å². The van der Waals surface area contributed by atoms with Crippen LogP contribution < -0.4 is 64.6 Å². The third-order valence-corrected chi connectivity index (χ3v) is 25.3. The summed E-state index contributed by atoms with van der Waals surface area (Å²) in [5.74, 6) is -16.7. The first-order chi connectivity index (χ1) is 62.9. The summed E-state index contributed by atoms with van der Waals surface area (Å²) in [4.78, 5) is 261. The summed E-state index contributed by atoms with van der Waals surface area (Å²) >= 11 is 0.804. The number of amides is 16. The van der Waals surface area contributed by atoms with E-state index in [2.05, 4.69) is 63.1 Å². The molecule has 3 aliphatic rings. The SMILES string of the molecule is CCCC[C@H]1C(=O)N(C)[C@@H](CCCC)C(=O)N[C@@H](CC(C)C)C(=O)N[C@H](C(=O)NCC(N)=O)CSCC(=O)N[C@@H](Cc2ccc(O)cc2)C(=O)N(C)[C@@H](C)C(=O)N[C@@H](CCC(=O)O)C(=O)N2CCC[C@H]2C(=O)N[C@@H](CCCCN)C(=O)N[C@@H](CC(C)C)C(=O)N2CCC[C@H]2C(=O)N[C@@H](Cc2c[nH]c3ccccc23)C(=O)N[C@@H](CO)C(=O)N[C@@H](Cc2c[nH]c3ccccc23)C(=O)N1C. The smallest absolute Gasteiger partial charge is 0.303 e. The average Bonchev–Trinajstić information content (AvgIpc) is 1.58. The van der Waals surface area contributed by atoms with Gasteiger partial charge in [0.2, 0.25) is 94.5 Å². The topological polar surface area (TPSA) is 571 Å². The van der Waals surface area contributed by atoms with E-state index in [9.17, 15) is 63.3 Å². The molecule has 0 saturated carbocycles. The van der Waals surface area contributed by atoms with Crippen molar-refractivity contribution in [1.82, 2.24) is 87.6 Å². The lowest BCUT2D eigenvalue weighted by atomic mass is 9.99. The molecular formula is C92H133N19O20S. The van der Waals surface area contributed by atoms with Crippen molar-refractivity contribution < 1.29 is 96.8 Å². The van der Waals surface area contributed by atoms with Crippen LogP contribution in [-0.4, -0.2) is 300 Å². The summed E-state index contributed by atoms with van der Waals surface area (Å²) < 4.78 is 0. The molecule has 5 aromatic rings. The second-order valence-electron chi connectivity index (χ2n) is 35.2. The monoisotopic (exact) mass is 1860 g/mol. The maximum atomic E-state index is 15.7. The lowest BCUT2D eigenvalue weighted by molar-refractivity contribution is -0.149. The molecule has 2 aromatic heterocycles. The highest BCUT2D eigenvalue weighted by Crippen LogP contribution is 2.28. The number of fused-ring (bicyclic) bond motifs is 4. The number of aromatic hydroxyl groups is 1. The van der Waals surface area contributed by atoms with Gasteiger partial charge in [-0.25, -0.2) is 0 Å². The van der Waals surface area contributed by atoms with Crippen molar-refractivity contribution in [3.63, 3.8) is 0 Å². The number of carbonyl (C=O) groups excluding carboxylic acids is 16. The molecule has 0 bridgehead atoms. The van der Waals surface area contributed by atoms with E-state index in [-0.39, 0.29) is 126 Å². The second kappa shape index (κ2) is 51.0.